The van der Waals surface area contributed by atoms with Crippen molar-refractivity contribution in [3.05, 3.63) is 89.5 Å². The van der Waals surface area contributed by atoms with Crippen LogP contribution < -0.4 is 14.8 Å². The van der Waals surface area contributed by atoms with E-state index in [1.54, 1.807) is 37.4 Å². The number of amides is 1. The molecule has 0 radical (unpaired) electrons. The summed E-state index contributed by atoms with van der Waals surface area (Å²) in [5.74, 6) is 1.01. The van der Waals surface area contributed by atoms with E-state index < -0.39 is 0 Å². The average Bonchev–Trinajstić information content (AvgIpc) is 2.79. The van der Waals surface area contributed by atoms with Gasteiger partial charge in [-0.3, -0.25) is 9.59 Å². The minimum absolute atomic E-state index is 0.195. The molecule has 0 aliphatic carbocycles. The summed E-state index contributed by atoms with van der Waals surface area (Å²) in [5.41, 5.74) is 3.22. The van der Waals surface area contributed by atoms with Gasteiger partial charge >= 0.3 is 0 Å². The first-order chi connectivity index (χ1) is 14.6. The highest BCUT2D eigenvalue weighted by Gasteiger charge is 2.11. The molecule has 3 aromatic carbocycles. The first-order valence-corrected chi connectivity index (χ1v) is 9.77. The molecule has 1 amide bonds. The zero-order valence-electron chi connectivity index (χ0n) is 17.2. The summed E-state index contributed by atoms with van der Waals surface area (Å²) in [6.45, 7) is 0. The zero-order chi connectivity index (χ0) is 21.3. The highest BCUT2D eigenvalue weighted by atomic mass is 16.5. The second kappa shape index (κ2) is 10.3. The van der Waals surface area contributed by atoms with E-state index in [9.17, 15) is 9.59 Å². The van der Waals surface area contributed by atoms with Crippen molar-refractivity contribution in [3.8, 4) is 11.5 Å². The van der Waals surface area contributed by atoms with Crippen molar-refractivity contribution < 1.29 is 19.1 Å². The second-order valence-electron chi connectivity index (χ2n) is 6.92. The van der Waals surface area contributed by atoms with E-state index in [2.05, 4.69) is 5.32 Å². The summed E-state index contributed by atoms with van der Waals surface area (Å²) in [6.07, 6.45) is 1.65. The van der Waals surface area contributed by atoms with Gasteiger partial charge in [0, 0.05) is 24.1 Å². The van der Waals surface area contributed by atoms with Gasteiger partial charge in [-0.1, -0.05) is 42.5 Å². The number of hydrogen-bond acceptors (Lipinski definition) is 4. The number of ether oxygens (including phenoxy) is 2. The Kier molecular flexibility index (Phi) is 7.22. The molecule has 0 saturated carbocycles. The SMILES string of the molecule is COc1ccc(C(=O)Nc2ccc(CC(=O)CCc3ccccc3)cc2)cc1OC. The fourth-order valence-electron chi connectivity index (χ4n) is 3.13. The number of rotatable bonds is 9. The molecule has 0 aliphatic heterocycles. The molecule has 5 heteroatoms. The molecule has 3 rings (SSSR count). The highest BCUT2D eigenvalue weighted by molar-refractivity contribution is 6.04. The molecule has 0 fully saturated rings. The van der Waals surface area contributed by atoms with Gasteiger partial charge in [0.25, 0.3) is 5.91 Å². The molecule has 0 spiro atoms. The van der Waals surface area contributed by atoms with Gasteiger partial charge in [0.2, 0.25) is 0 Å². The van der Waals surface area contributed by atoms with Crippen molar-refractivity contribution in [1.82, 2.24) is 0 Å². The lowest BCUT2D eigenvalue weighted by Crippen LogP contribution is -2.12. The van der Waals surface area contributed by atoms with Gasteiger partial charge < -0.3 is 14.8 Å². The molecule has 0 atom stereocenters. The van der Waals surface area contributed by atoms with Crippen molar-refractivity contribution in [3.63, 3.8) is 0 Å². The Morgan fingerprint density at radius 2 is 1.50 bits per heavy atom. The number of nitrogens with one attached hydrogen (secondary N) is 1. The van der Waals surface area contributed by atoms with Crippen molar-refractivity contribution in [1.29, 1.82) is 0 Å². The van der Waals surface area contributed by atoms with Crippen LogP contribution in [-0.2, 0) is 17.6 Å². The molecular weight excluding hydrogens is 378 g/mol. The molecule has 1 N–H and O–H groups in total. The molecule has 0 saturated heterocycles. The van der Waals surface area contributed by atoms with Crippen LogP contribution in [0.1, 0.15) is 27.9 Å². The van der Waals surface area contributed by atoms with Crippen LogP contribution in [0.25, 0.3) is 0 Å². The Bertz CT molecular complexity index is 997. The number of hydrogen-bond donors (Lipinski definition) is 1. The lowest BCUT2D eigenvalue weighted by Gasteiger charge is -2.10. The van der Waals surface area contributed by atoms with Crippen LogP contribution in [0.4, 0.5) is 5.69 Å². The Morgan fingerprint density at radius 1 is 0.800 bits per heavy atom. The van der Waals surface area contributed by atoms with E-state index in [4.69, 9.17) is 9.47 Å². The quantitative estimate of drug-likeness (QED) is 0.562. The van der Waals surface area contributed by atoms with Gasteiger partial charge in [-0.2, -0.15) is 0 Å². The van der Waals surface area contributed by atoms with E-state index in [0.717, 1.165) is 12.0 Å². The van der Waals surface area contributed by atoms with Gasteiger partial charge in [0.05, 0.1) is 14.2 Å². The molecule has 154 valence electrons. The molecule has 0 bridgehead atoms. The molecule has 0 aromatic heterocycles. The lowest BCUT2D eigenvalue weighted by molar-refractivity contribution is -0.118. The van der Waals surface area contributed by atoms with Gasteiger partial charge in [-0.25, -0.2) is 0 Å². The van der Waals surface area contributed by atoms with Crippen LogP contribution in [0.3, 0.4) is 0 Å². The lowest BCUT2D eigenvalue weighted by atomic mass is 10.0. The number of ketones is 1. The third-order valence-corrected chi connectivity index (χ3v) is 4.79. The van der Waals surface area contributed by atoms with Gasteiger partial charge in [-0.05, 0) is 47.9 Å². The van der Waals surface area contributed by atoms with E-state index in [-0.39, 0.29) is 11.7 Å². The Hall–Kier alpha value is -3.60. The molecule has 0 aliphatic rings. The largest absolute Gasteiger partial charge is 0.493 e. The second-order valence-corrected chi connectivity index (χ2v) is 6.92. The molecule has 0 unspecified atom stereocenters. The normalized spacial score (nSPS) is 10.3. The fourth-order valence-corrected chi connectivity index (χ4v) is 3.13. The highest BCUT2D eigenvalue weighted by Crippen LogP contribution is 2.27. The Morgan fingerprint density at radius 3 is 2.17 bits per heavy atom. The van der Waals surface area contributed by atoms with Crippen molar-refractivity contribution in [2.45, 2.75) is 19.3 Å². The maximum atomic E-state index is 12.5. The smallest absolute Gasteiger partial charge is 0.255 e. The van der Waals surface area contributed by atoms with Crippen LogP contribution in [0.2, 0.25) is 0 Å². The topological polar surface area (TPSA) is 64.6 Å². The number of anilines is 1. The summed E-state index contributed by atoms with van der Waals surface area (Å²) in [5, 5.41) is 2.85. The number of methoxy groups -OCH3 is 2. The molecule has 3 aromatic rings. The minimum atomic E-state index is -0.248. The standard InChI is InChI=1S/C25H25NO4/c1-29-23-15-11-20(17-24(23)30-2)25(28)26-21-12-8-19(9-13-21)16-22(27)14-10-18-6-4-3-5-7-18/h3-9,11-13,15,17H,10,14,16H2,1-2H3,(H,26,28). The molecule has 0 heterocycles. The van der Waals surface area contributed by atoms with Crippen LogP contribution in [0.15, 0.2) is 72.8 Å². The third kappa shape index (κ3) is 5.70. The van der Waals surface area contributed by atoms with E-state index in [1.807, 2.05) is 42.5 Å². The number of carbonyl (C=O) groups is 2. The first-order valence-electron chi connectivity index (χ1n) is 9.77. The van der Waals surface area contributed by atoms with Crippen LogP contribution >= 0.6 is 0 Å². The van der Waals surface area contributed by atoms with Gasteiger partial charge in [0.1, 0.15) is 5.78 Å². The minimum Gasteiger partial charge on any atom is -0.493 e. The summed E-state index contributed by atoms with van der Waals surface area (Å²) < 4.78 is 10.4. The van der Waals surface area contributed by atoms with Crippen LogP contribution in [0, 0.1) is 0 Å². The number of aryl methyl sites for hydroxylation is 1. The van der Waals surface area contributed by atoms with Crippen molar-refractivity contribution in [2.24, 2.45) is 0 Å². The predicted octanol–water partition coefficient (Wildman–Crippen LogP) is 4.70. The van der Waals surface area contributed by atoms with E-state index >= 15 is 0 Å². The van der Waals surface area contributed by atoms with E-state index in [0.29, 0.717) is 35.6 Å². The number of Topliss-reactive ketones (excluding diaryl/α,β-unsaturated/α-hetero) is 1. The zero-order valence-corrected chi connectivity index (χ0v) is 17.2. The maximum Gasteiger partial charge on any atom is 0.255 e. The Balaban J connectivity index is 1.55. The van der Waals surface area contributed by atoms with E-state index in [1.165, 1.54) is 12.7 Å². The van der Waals surface area contributed by atoms with Crippen LogP contribution in [-0.4, -0.2) is 25.9 Å². The summed E-state index contributed by atoms with van der Waals surface area (Å²) >= 11 is 0. The fraction of sp³-hybridized carbons (Fsp3) is 0.200. The van der Waals surface area contributed by atoms with Crippen molar-refractivity contribution >= 4 is 17.4 Å². The molecular formula is C25H25NO4. The molecule has 30 heavy (non-hydrogen) atoms. The molecule has 5 nitrogen and oxygen atoms in total. The van der Waals surface area contributed by atoms with Crippen molar-refractivity contribution in [2.75, 3.05) is 19.5 Å². The predicted molar refractivity (Wildman–Crippen MR) is 117 cm³/mol. The summed E-state index contributed by atoms with van der Waals surface area (Å²) in [4.78, 5) is 24.8. The number of benzene rings is 3. The first kappa shape index (κ1) is 21.1. The van der Waals surface area contributed by atoms with Crippen LogP contribution in [0.5, 0.6) is 11.5 Å². The third-order valence-electron chi connectivity index (χ3n) is 4.79. The monoisotopic (exact) mass is 403 g/mol. The summed E-state index contributed by atoms with van der Waals surface area (Å²) in [7, 11) is 3.07. The maximum absolute atomic E-state index is 12.5. The van der Waals surface area contributed by atoms with Gasteiger partial charge in [-0.15, -0.1) is 0 Å². The Labute approximate surface area is 176 Å². The number of carbonyl (C=O) groups excluding carboxylic acids is 2. The van der Waals surface area contributed by atoms with Gasteiger partial charge in [0.15, 0.2) is 11.5 Å². The summed E-state index contributed by atoms with van der Waals surface area (Å²) in [6, 6.07) is 22.3. The average molecular weight is 403 g/mol.